The lowest BCUT2D eigenvalue weighted by atomic mass is 10.1. The number of nitrogen functional groups attached to an aromatic ring is 1. The summed E-state index contributed by atoms with van der Waals surface area (Å²) in [5, 5.41) is 2.84. The van der Waals surface area contributed by atoms with Crippen LogP contribution in [0.3, 0.4) is 0 Å². The molecule has 2 rings (SSSR count). The molecule has 19 heavy (non-hydrogen) atoms. The van der Waals surface area contributed by atoms with E-state index in [9.17, 15) is 4.79 Å². The first kappa shape index (κ1) is 14.1. The minimum absolute atomic E-state index is 0.231. The molecule has 0 fully saturated rings. The predicted octanol–water partition coefficient (Wildman–Crippen LogP) is 4.35. The van der Waals surface area contributed by atoms with E-state index in [4.69, 9.17) is 5.73 Å². The molecular weight excluding hydrogens is 372 g/mol. The number of rotatable bonds is 2. The third-order valence-corrected chi connectivity index (χ3v) is 3.97. The normalized spacial score (nSPS) is 10.3. The molecule has 0 aliphatic carbocycles. The maximum atomic E-state index is 12.2. The molecule has 3 N–H and O–H groups in total. The molecule has 0 bridgehead atoms. The Hall–Kier alpha value is -1.33. The van der Waals surface area contributed by atoms with Gasteiger partial charge in [0, 0.05) is 14.6 Å². The van der Waals surface area contributed by atoms with Crippen LogP contribution in [0.25, 0.3) is 0 Å². The van der Waals surface area contributed by atoms with Gasteiger partial charge in [0.25, 0.3) is 5.91 Å². The van der Waals surface area contributed by atoms with E-state index in [1.165, 1.54) is 0 Å². The van der Waals surface area contributed by atoms with Gasteiger partial charge in [0.15, 0.2) is 0 Å². The van der Waals surface area contributed by atoms with Crippen molar-refractivity contribution in [2.24, 2.45) is 0 Å². The van der Waals surface area contributed by atoms with Crippen LogP contribution in [-0.4, -0.2) is 5.91 Å². The molecule has 3 nitrogen and oxygen atoms in total. The van der Waals surface area contributed by atoms with E-state index in [1.807, 2.05) is 31.2 Å². The zero-order chi connectivity index (χ0) is 14.0. The highest BCUT2D eigenvalue weighted by molar-refractivity contribution is 9.11. The quantitative estimate of drug-likeness (QED) is 0.757. The van der Waals surface area contributed by atoms with Gasteiger partial charge < -0.3 is 11.1 Å². The Bertz CT molecular complexity index is 621. The van der Waals surface area contributed by atoms with Crippen molar-refractivity contribution < 1.29 is 4.79 Å². The summed E-state index contributed by atoms with van der Waals surface area (Å²) in [6.07, 6.45) is 0. The van der Waals surface area contributed by atoms with Gasteiger partial charge in [-0.2, -0.15) is 0 Å². The van der Waals surface area contributed by atoms with Crippen LogP contribution < -0.4 is 11.1 Å². The number of nitrogens with one attached hydrogen (secondary N) is 1. The maximum Gasteiger partial charge on any atom is 0.257 e. The molecule has 0 aromatic heterocycles. The first-order valence-electron chi connectivity index (χ1n) is 5.60. The molecule has 0 atom stereocenters. The van der Waals surface area contributed by atoms with Crippen molar-refractivity contribution in [3.05, 3.63) is 56.5 Å². The molecule has 0 heterocycles. The van der Waals surface area contributed by atoms with Crippen molar-refractivity contribution in [3.63, 3.8) is 0 Å². The number of carbonyl (C=O) groups is 1. The number of amides is 1. The number of anilines is 2. The number of hydrogen-bond donors (Lipinski definition) is 2. The van der Waals surface area contributed by atoms with Crippen molar-refractivity contribution >= 4 is 49.1 Å². The summed E-state index contributed by atoms with van der Waals surface area (Å²) in [4.78, 5) is 12.2. The highest BCUT2D eigenvalue weighted by Crippen LogP contribution is 2.31. The van der Waals surface area contributed by atoms with E-state index in [0.717, 1.165) is 14.5 Å². The Morgan fingerprint density at radius 1 is 1.16 bits per heavy atom. The fraction of sp³-hybridized carbons (Fsp3) is 0.0714. The number of hydrogen-bond acceptors (Lipinski definition) is 2. The van der Waals surface area contributed by atoms with E-state index in [0.29, 0.717) is 16.9 Å². The summed E-state index contributed by atoms with van der Waals surface area (Å²) < 4.78 is 1.61. The molecule has 0 aliphatic rings. The molecule has 2 aromatic carbocycles. The zero-order valence-corrected chi connectivity index (χ0v) is 13.4. The molecule has 0 spiro atoms. The zero-order valence-electron chi connectivity index (χ0n) is 10.2. The summed E-state index contributed by atoms with van der Waals surface area (Å²) in [6, 6.07) is 11.0. The average molecular weight is 384 g/mol. The van der Waals surface area contributed by atoms with Gasteiger partial charge in [0.2, 0.25) is 0 Å². The highest BCUT2D eigenvalue weighted by atomic mass is 79.9. The fourth-order valence-corrected chi connectivity index (χ4v) is 2.88. The Morgan fingerprint density at radius 2 is 1.79 bits per heavy atom. The number of carbonyl (C=O) groups excluding carboxylic acids is 1. The summed E-state index contributed by atoms with van der Waals surface area (Å²) in [7, 11) is 0. The first-order chi connectivity index (χ1) is 8.99. The van der Waals surface area contributed by atoms with Gasteiger partial charge in [-0.3, -0.25) is 4.79 Å². The predicted molar refractivity (Wildman–Crippen MR) is 85.4 cm³/mol. The molecular formula is C14H12Br2N2O. The lowest BCUT2D eigenvalue weighted by Gasteiger charge is -2.11. The van der Waals surface area contributed by atoms with E-state index < -0.39 is 0 Å². The van der Waals surface area contributed by atoms with Gasteiger partial charge in [-0.1, -0.05) is 12.1 Å². The Balaban J connectivity index is 2.31. The average Bonchev–Trinajstić information content (AvgIpc) is 2.33. The number of halogens is 2. The van der Waals surface area contributed by atoms with Crippen LogP contribution in [0.1, 0.15) is 15.9 Å². The van der Waals surface area contributed by atoms with Crippen molar-refractivity contribution in [2.45, 2.75) is 6.92 Å². The van der Waals surface area contributed by atoms with Crippen LogP contribution in [0.4, 0.5) is 11.4 Å². The van der Waals surface area contributed by atoms with E-state index >= 15 is 0 Å². The molecule has 0 aliphatic heterocycles. The van der Waals surface area contributed by atoms with Crippen LogP contribution in [0.15, 0.2) is 45.3 Å². The molecule has 0 saturated heterocycles. The summed E-state index contributed by atoms with van der Waals surface area (Å²) in [5.74, 6) is -0.231. The molecule has 98 valence electrons. The number of benzene rings is 2. The summed E-state index contributed by atoms with van der Waals surface area (Å²) in [6.45, 7) is 1.93. The SMILES string of the molecule is Cc1ccc(C(=O)Nc2c(Br)cccc2Br)c(N)c1. The molecule has 0 saturated carbocycles. The molecule has 0 unspecified atom stereocenters. The number of nitrogens with two attached hydrogens (primary N) is 1. The summed E-state index contributed by atoms with van der Waals surface area (Å²) >= 11 is 6.80. The number of aryl methyl sites for hydroxylation is 1. The van der Waals surface area contributed by atoms with E-state index in [1.54, 1.807) is 12.1 Å². The molecule has 0 radical (unpaired) electrons. The van der Waals surface area contributed by atoms with Gasteiger partial charge in [-0.05, 0) is 68.6 Å². The van der Waals surface area contributed by atoms with Gasteiger partial charge in [0.1, 0.15) is 0 Å². The monoisotopic (exact) mass is 382 g/mol. The van der Waals surface area contributed by atoms with E-state index in [-0.39, 0.29) is 5.91 Å². The summed E-state index contributed by atoms with van der Waals surface area (Å²) in [5.41, 5.74) is 8.52. The third kappa shape index (κ3) is 3.16. The van der Waals surface area contributed by atoms with Crippen molar-refractivity contribution in [1.82, 2.24) is 0 Å². The minimum atomic E-state index is -0.231. The van der Waals surface area contributed by atoms with Gasteiger partial charge in [0.05, 0.1) is 11.3 Å². The second kappa shape index (κ2) is 5.75. The second-order valence-corrected chi connectivity index (χ2v) is 5.85. The smallest absolute Gasteiger partial charge is 0.257 e. The number of para-hydroxylation sites is 1. The van der Waals surface area contributed by atoms with Gasteiger partial charge in [-0.25, -0.2) is 0 Å². The molecule has 5 heteroatoms. The van der Waals surface area contributed by atoms with Crippen LogP contribution in [0, 0.1) is 6.92 Å². The fourth-order valence-electron chi connectivity index (χ4n) is 1.69. The van der Waals surface area contributed by atoms with Crippen molar-refractivity contribution in [1.29, 1.82) is 0 Å². The minimum Gasteiger partial charge on any atom is -0.398 e. The highest BCUT2D eigenvalue weighted by Gasteiger charge is 2.13. The first-order valence-corrected chi connectivity index (χ1v) is 7.19. The van der Waals surface area contributed by atoms with Crippen molar-refractivity contribution in [2.75, 3.05) is 11.1 Å². The Kier molecular flexibility index (Phi) is 4.27. The maximum absolute atomic E-state index is 12.2. The van der Waals surface area contributed by atoms with Crippen LogP contribution in [0.5, 0.6) is 0 Å². The molecule has 2 aromatic rings. The third-order valence-electron chi connectivity index (χ3n) is 2.65. The lowest BCUT2D eigenvalue weighted by molar-refractivity contribution is 0.102. The van der Waals surface area contributed by atoms with E-state index in [2.05, 4.69) is 37.2 Å². The van der Waals surface area contributed by atoms with Gasteiger partial charge >= 0.3 is 0 Å². The molecule has 1 amide bonds. The largest absolute Gasteiger partial charge is 0.398 e. The van der Waals surface area contributed by atoms with Crippen LogP contribution >= 0.6 is 31.9 Å². The van der Waals surface area contributed by atoms with Gasteiger partial charge in [-0.15, -0.1) is 0 Å². The van der Waals surface area contributed by atoms with Crippen LogP contribution in [-0.2, 0) is 0 Å². The lowest BCUT2D eigenvalue weighted by Crippen LogP contribution is -2.14. The standard InChI is InChI=1S/C14H12Br2N2O/c1-8-5-6-9(12(17)7-8)14(19)18-13-10(15)3-2-4-11(13)16/h2-7H,17H2,1H3,(H,18,19). The van der Waals surface area contributed by atoms with Crippen molar-refractivity contribution in [3.8, 4) is 0 Å². The topological polar surface area (TPSA) is 55.1 Å². The second-order valence-electron chi connectivity index (χ2n) is 4.14. The van der Waals surface area contributed by atoms with Crippen LogP contribution in [0.2, 0.25) is 0 Å². The Morgan fingerprint density at radius 3 is 2.37 bits per heavy atom. The Labute approximate surface area is 128 Å².